The number of hydrogen-bond acceptors (Lipinski definition) is 5. The third-order valence-corrected chi connectivity index (χ3v) is 10.1. The van der Waals surface area contributed by atoms with E-state index in [1.807, 2.05) is 62.4 Å². The molecule has 0 bridgehead atoms. The van der Waals surface area contributed by atoms with Crippen LogP contribution < -0.4 is 4.90 Å². The first-order valence-electron chi connectivity index (χ1n) is 14.5. The van der Waals surface area contributed by atoms with E-state index in [9.17, 15) is 24.3 Å². The van der Waals surface area contributed by atoms with Crippen molar-refractivity contribution in [3.05, 3.63) is 83.9 Å². The Morgan fingerprint density at radius 2 is 1.56 bits per heavy atom. The van der Waals surface area contributed by atoms with Crippen molar-refractivity contribution in [2.24, 2.45) is 29.1 Å². The van der Waals surface area contributed by atoms with Crippen LogP contribution in [0, 0.1) is 29.1 Å². The van der Waals surface area contributed by atoms with E-state index in [0.29, 0.717) is 36.9 Å². The highest BCUT2D eigenvalue weighted by Gasteiger charge is 2.67. The van der Waals surface area contributed by atoms with Crippen LogP contribution in [-0.4, -0.2) is 40.2 Å². The molecule has 0 aromatic heterocycles. The van der Waals surface area contributed by atoms with Crippen LogP contribution in [0.3, 0.4) is 0 Å². The number of anilines is 1. The number of nitrogens with zero attached hydrogens (tertiary/aromatic N) is 2. The van der Waals surface area contributed by atoms with Crippen molar-refractivity contribution in [1.82, 2.24) is 4.90 Å². The molecule has 4 amide bonds. The molecule has 7 heteroatoms. The highest BCUT2D eigenvalue weighted by Crippen LogP contribution is 2.64. The second-order valence-corrected chi connectivity index (χ2v) is 12.0. The summed E-state index contributed by atoms with van der Waals surface area (Å²) in [4.78, 5) is 58.6. The number of benzene rings is 3. The summed E-state index contributed by atoms with van der Waals surface area (Å²) in [5, 5.41) is 12.2. The summed E-state index contributed by atoms with van der Waals surface area (Å²) in [6, 6.07) is 20.0. The maximum Gasteiger partial charge on any atom is 0.241 e. The number of carbonyl (C=O) groups excluding carboxylic acids is 4. The Balaban J connectivity index is 1.45. The van der Waals surface area contributed by atoms with E-state index in [0.717, 1.165) is 16.5 Å². The number of rotatable bonds is 4. The number of phenolic OH excluding ortho intramolecular Hbond substituents is 1. The number of para-hydroxylation sites is 1. The first kappa shape index (κ1) is 25.7. The minimum absolute atomic E-state index is 0.128. The zero-order valence-corrected chi connectivity index (χ0v) is 23.1. The molecule has 6 atom stereocenters. The number of amides is 4. The fraction of sp³-hybridized carbons (Fsp3) is 0.353. The van der Waals surface area contributed by atoms with Gasteiger partial charge in [-0.15, -0.1) is 0 Å². The van der Waals surface area contributed by atoms with Gasteiger partial charge in [0.1, 0.15) is 5.75 Å². The number of likely N-dealkylation sites (tertiary alicyclic amines) is 1. The van der Waals surface area contributed by atoms with Gasteiger partial charge in [0, 0.05) is 17.8 Å². The van der Waals surface area contributed by atoms with Crippen LogP contribution >= 0.6 is 0 Å². The summed E-state index contributed by atoms with van der Waals surface area (Å²) < 4.78 is 0. The van der Waals surface area contributed by atoms with E-state index < -0.39 is 29.1 Å². The number of allylic oxidation sites excluding steroid dienone is 2. The fourth-order valence-corrected chi connectivity index (χ4v) is 8.25. The van der Waals surface area contributed by atoms with Crippen LogP contribution in [0.1, 0.15) is 44.6 Å². The van der Waals surface area contributed by atoms with Gasteiger partial charge in [-0.3, -0.25) is 24.1 Å². The zero-order valence-electron chi connectivity index (χ0n) is 23.1. The molecule has 0 spiro atoms. The number of carbonyl (C=O) groups is 4. The quantitative estimate of drug-likeness (QED) is 0.358. The highest BCUT2D eigenvalue weighted by atomic mass is 16.3. The third kappa shape index (κ3) is 3.38. The van der Waals surface area contributed by atoms with Crippen LogP contribution in [0.15, 0.2) is 78.4 Å². The summed E-state index contributed by atoms with van der Waals surface area (Å²) in [5.74, 6) is -3.17. The minimum Gasteiger partial charge on any atom is -0.507 e. The van der Waals surface area contributed by atoms with Gasteiger partial charge >= 0.3 is 0 Å². The van der Waals surface area contributed by atoms with Crippen molar-refractivity contribution >= 4 is 40.1 Å². The van der Waals surface area contributed by atoms with Crippen LogP contribution in [0.25, 0.3) is 10.8 Å². The van der Waals surface area contributed by atoms with Crippen molar-refractivity contribution in [2.75, 3.05) is 11.4 Å². The summed E-state index contributed by atoms with van der Waals surface area (Å²) in [5.41, 5.74) is 1.22. The summed E-state index contributed by atoms with van der Waals surface area (Å²) in [6.07, 6.45) is 3.52. The molecule has 41 heavy (non-hydrogen) atoms. The first-order valence-corrected chi connectivity index (χ1v) is 14.5. The third-order valence-electron chi connectivity index (χ3n) is 10.1. The fourth-order valence-electron chi connectivity index (χ4n) is 8.25. The van der Waals surface area contributed by atoms with Gasteiger partial charge in [0.25, 0.3) is 0 Å². The zero-order chi connectivity index (χ0) is 28.6. The van der Waals surface area contributed by atoms with Gasteiger partial charge in [-0.25, -0.2) is 4.90 Å². The molecular formula is C34H32N2O5. The molecule has 3 fully saturated rings. The average molecular weight is 549 g/mol. The van der Waals surface area contributed by atoms with Crippen molar-refractivity contribution in [2.45, 2.75) is 39.0 Å². The molecule has 3 aromatic carbocycles. The van der Waals surface area contributed by atoms with Crippen molar-refractivity contribution in [3.8, 4) is 5.75 Å². The second-order valence-electron chi connectivity index (χ2n) is 12.0. The monoisotopic (exact) mass is 548 g/mol. The Morgan fingerprint density at radius 1 is 0.854 bits per heavy atom. The molecule has 4 aliphatic rings. The lowest BCUT2D eigenvalue weighted by molar-refractivity contribution is -0.140. The molecule has 1 N–H and O–H groups in total. The summed E-state index contributed by atoms with van der Waals surface area (Å²) >= 11 is 0. The molecule has 2 saturated heterocycles. The molecule has 2 aliphatic heterocycles. The maximum absolute atomic E-state index is 14.5. The molecule has 0 radical (unpaired) electrons. The van der Waals surface area contributed by atoms with Crippen LogP contribution in [0.2, 0.25) is 0 Å². The van der Waals surface area contributed by atoms with E-state index in [-0.39, 0.29) is 35.3 Å². The topological polar surface area (TPSA) is 95.0 Å². The van der Waals surface area contributed by atoms with Crippen molar-refractivity contribution < 1.29 is 24.3 Å². The van der Waals surface area contributed by atoms with Gasteiger partial charge in [-0.2, -0.15) is 0 Å². The van der Waals surface area contributed by atoms with Gasteiger partial charge in [-0.1, -0.05) is 67.1 Å². The molecule has 7 rings (SSSR count). The van der Waals surface area contributed by atoms with Crippen molar-refractivity contribution in [3.63, 3.8) is 0 Å². The van der Waals surface area contributed by atoms with E-state index in [2.05, 4.69) is 6.08 Å². The largest absolute Gasteiger partial charge is 0.507 e. The van der Waals surface area contributed by atoms with Gasteiger partial charge in [-0.05, 0) is 61.3 Å². The summed E-state index contributed by atoms with van der Waals surface area (Å²) in [7, 11) is 0. The van der Waals surface area contributed by atoms with Crippen LogP contribution in [0.5, 0.6) is 5.75 Å². The van der Waals surface area contributed by atoms with Gasteiger partial charge in [0.05, 0.1) is 28.9 Å². The molecule has 0 unspecified atom stereocenters. The molecular weight excluding hydrogens is 516 g/mol. The number of imide groups is 2. The number of phenols is 1. The SMILES string of the molecule is CCCN1C(=O)[C@H]2[C@H](CC=C3[C@H]2C[C@H]2C(=O)N(c4ccccc4)C(=O)[C@@]2(C)[C@H]3c2ccc(O)c3ccccc23)C1=O. The van der Waals surface area contributed by atoms with Crippen molar-refractivity contribution in [1.29, 1.82) is 0 Å². The molecule has 1 saturated carbocycles. The Bertz CT molecular complexity index is 1660. The predicted octanol–water partition coefficient (Wildman–Crippen LogP) is 5.19. The number of fused-ring (bicyclic) bond motifs is 5. The molecule has 2 aliphatic carbocycles. The number of aromatic hydroxyl groups is 1. The van der Waals surface area contributed by atoms with E-state index in [4.69, 9.17) is 0 Å². The highest BCUT2D eigenvalue weighted by molar-refractivity contribution is 6.24. The van der Waals surface area contributed by atoms with E-state index in [1.165, 1.54) is 9.80 Å². The maximum atomic E-state index is 14.5. The molecule has 7 nitrogen and oxygen atoms in total. The molecule has 2 heterocycles. The number of hydrogen-bond donors (Lipinski definition) is 1. The first-order chi connectivity index (χ1) is 19.8. The summed E-state index contributed by atoms with van der Waals surface area (Å²) in [6.45, 7) is 4.23. The Hall–Kier alpha value is -4.26. The standard InChI is InChI=1S/C34H32N2O5/c1-3-17-35-30(38)24-14-13-23-25(28(24)32(35)40)18-26-31(39)36(19-9-5-4-6-10-19)33(41)34(26,2)29(23)22-15-16-27(37)21-12-8-7-11-20(21)22/h4-13,15-16,24-26,28-29,37H,3,14,17-18H2,1-2H3/t24-,25+,26-,28-,29-,34+/m0/s1. The molecule has 3 aromatic rings. The average Bonchev–Trinajstić information content (AvgIpc) is 3.34. The van der Waals surface area contributed by atoms with E-state index in [1.54, 1.807) is 18.2 Å². The van der Waals surface area contributed by atoms with E-state index >= 15 is 0 Å². The minimum atomic E-state index is -1.11. The predicted molar refractivity (Wildman–Crippen MR) is 154 cm³/mol. The lowest BCUT2D eigenvalue weighted by Gasteiger charge is -2.49. The lowest BCUT2D eigenvalue weighted by atomic mass is 9.51. The van der Waals surface area contributed by atoms with Crippen LogP contribution in [-0.2, 0) is 19.2 Å². The van der Waals surface area contributed by atoms with Gasteiger partial charge in [0.2, 0.25) is 23.6 Å². The smallest absolute Gasteiger partial charge is 0.241 e. The Kier molecular flexibility index (Phi) is 5.72. The lowest BCUT2D eigenvalue weighted by Crippen LogP contribution is -2.49. The Morgan fingerprint density at radius 3 is 2.29 bits per heavy atom. The second kappa shape index (κ2) is 9.13. The molecule has 208 valence electrons. The van der Waals surface area contributed by atoms with Crippen LogP contribution in [0.4, 0.5) is 5.69 Å². The van der Waals surface area contributed by atoms with Gasteiger partial charge < -0.3 is 5.11 Å². The van der Waals surface area contributed by atoms with Gasteiger partial charge in [0.15, 0.2) is 0 Å². The Labute approximate surface area is 238 Å². The normalized spacial score (nSPS) is 30.9.